The molecular formula is C41H37N3O8. The summed E-state index contributed by atoms with van der Waals surface area (Å²) in [5.41, 5.74) is 6.53. The fourth-order valence-electron chi connectivity index (χ4n) is 6.48. The van der Waals surface area contributed by atoms with Gasteiger partial charge < -0.3 is 18.9 Å². The van der Waals surface area contributed by atoms with Crippen LogP contribution in [0.5, 0.6) is 0 Å². The summed E-state index contributed by atoms with van der Waals surface area (Å²) in [7, 11) is 2.27. The predicted octanol–water partition coefficient (Wildman–Crippen LogP) is 6.11. The molecule has 2 atom stereocenters. The molecule has 1 aliphatic carbocycles. The standard InChI is InChI=1S/C41H37N3O8/c1-49-37(45)35(42-41(30-20-10-5-11-21-30)33-24-14-12-22-31(33)32-23-13-15-25-34(32)41)36(38(46)50-2)44(40(48)52-27-29-18-8-4-9-19-29)43-39(47)51-26-28-16-6-3-7-17-28/h3-25,35-36,42H,26-27H2,1-2H3,(H,43,47). The lowest BCUT2D eigenvalue weighted by Gasteiger charge is -2.40. The Morgan fingerprint density at radius 1 is 0.596 bits per heavy atom. The normalized spacial score (nSPS) is 13.3. The van der Waals surface area contributed by atoms with Crippen LogP contribution in [0.3, 0.4) is 0 Å². The van der Waals surface area contributed by atoms with Crippen LogP contribution in [-0.2, 0) is 47.3 Å². The van der Waals surface area contributed by atoms with Crippen LogP contribution in [0.1, 0.15) is 27.8 Å². The van der Waals surface area contributed by atoms with E-state index in [4.69, 9.17) is 18.9 Å². The molecule has 11 heteroatoms. The van der Waals surface area contributed by atoms with E-state index < -0.39 is 41.7 Å². The Labute approximate surface area is 301 Å². The van der Waals surface area contributed by atoms with Crippen LogP contribution >= 0.6 is 0 Å². The smallest absolute Gasteiger partial charge is 0.430 e. The molecule has 2 unspecified atom stereocenters. The molecule has 0 aliphatic heterocycles. The molecule has 0 aromatic heterocycles. The summed E-state index contributed by atoms with van der Waals surface area (Å²) in [6, 6.07) is 39.0. The van der Waals surface area contributed by atoms with Gasteiger partial charge in [0.05, 0.1) is 19.8 Å². The maximum atomic E-state index is 14.0. The summed E-state index contributed by atoms with van der Waals surface area (Å²) in [5.74, 6) is -1.97. The number of carbonyl (C=O) groups is 4. The minimum Gasteiger partial charge on any atom is -0.468 e. The number of hydrogen-bond acceptors (Lipinski definition) is 9. The molecule has 5 aromatic rings. The molecule has 5 aromatic carbocycles. The molecule has 11 nitrogen and oxygen atoms in total. The third kappa shape index (κ3) is 7.21. The number of benzene rings is 5. The van der Waals surface area contributed by atoms with Crippen LogP contribution < -0.4 is 10.7 Å². The zero-order valence-electron chi connectivity index (χ0n) is 28.6. The highest BCUT2D eigenvalue weighted by Crippen LogP contribution is 2.51. The van der Waals surface area contributed by atoms with Gasteiger partial charge in [-0.05, 0) is 38.9 Å². The molecule has 2 amide bonds. The van der Waals surface area contributed by atoms with E-state index in [1.165, 1.54) is 0 Å². The van der Waals surface area contributed by atoms with Crippen molar-refractivity contribution in [3.63, 3.8) is 0 Å². The SMILES string of the molecule is COC(=O)C(NC1(c2ccccc2)c2ccccc2-c2ccccc21)C(C(=O)OC)N(NC(=O)OCc1ccccc1)C(=O)OCc1ccccc1. The lowest BCUT2D eigenvalue weighted by Crippen LogP contribution is -2.67. The zero-order valence-corrected chi connectivity index (χ0v) is 28.6. The highest BCUT2D eigenvalue weighted by atomic mass is 16.6. The van der Waals surface area contributed by atoms with Crippen molar-refractivity contribution in [1.29, 1.82) is 0 Å². The molecule has 0 radical (unpaired) electrons. The maximum absolute atomic E-state index is 14.0. The molecule has 0 saturated heterocycles. The fraction of sp³-hybridized carbons (Fsp3) is 0.171. The van der Waals surface area contributed by atoms with E-state index in [1.54, 1.807) is 48.5 Å². The molecule has 0 spiro atoms. The van der Waals surface area contributed by atoms with Gasteiger partial charge in [0.1, 0.15) is 19.3 Å². The van der Waals surface area contributed by atoms with Crippen LogP contribution in [0.15, 0.2) is 140 Å². The fourth-order valence-corrected chi connectivity index (χ4v) is 6.48. The van der Waals surface area contributed by atoms with Gasteiger partial charge in [0.2, 0.25) is 0 Å². The number of hydrazine groups is 1. The minimum absolute atomic E-state index is 0.147. The van der Waals surface area contributed by atoms with Gasteiger partial charge in [-0.1, -0.05) is 140 Å². The number of hydrogen-bond donors (Lipinski definition) is 2. The Morgan fingerprint density at radius 3 is 1.58 bits per heavy atom. The monoisotopic (exact) mass is 699 g/mol. The number of carbonyl (C=O) groups excluding carboxylic acids is 4. The van der Waals surface area contributed by atoms with Crippen molar-refractivity contribution < 1.29 is 38.1 Å². The summed E-state index contributed by atoms with van der Waals surface area (Å²) in [6.45, 7) is -0.359. The lowest BCUT2D eigenvalue weighted by atomic mass is 9.79. The van der Waals surface area contributed by atoms with Crippen molar-refractivity contribution in [2.45, 2.75) is 30.8 Å². The van der Waals surface area contributed by atoms with Gasteiger partial charge in [-0.2, -0.15) is 5.01 Å². The van der Waals surface area contributed by atoms with Crippen LogP contribution in [0.25, 0.3) is 11.1 Å². The first-order valence-electron chi connectivity index (χ1n) is 16.5. The van der Waals surface area contributed by atoms with Gasteiger partial charge in [-0.15, -0.1) is 0 Å². The second kappa shape index (κ2) is 16.0. The van der Waals surface area contributed by atoms with E-state index in [0.717, 1.165) is 42.0 Å². The summed E-state index contributed by atoms with van der Waals surface area (Å²) in [6.07, 6.45) is -2.25. The van der Waals surface area contributed by atoms with E-state index in [-0.39, 0.29) is 13.2 Å². The van der Waals surface area contributed by atoms with Gasteiger partial charge in [-0.25, -0.2) is 19.8 Å². The molecule has 52 heavy (non-hydrogen) atoms. The number of amides is 2. The molecule has 2 N–H and O–H groups in total. The first kappa shape index (κ1) is 35.4. The highest BCUT2D eigenvalue weighted by molar-refractivity contribution is 5.91. The molecule has 1 aliphatic rings. The van der Waals surface area contributed by atoms with Gasteiger partial charge >= 0.3 is 24.1 Å². The Bertz CT molecular complexity index is 1980. The van der Waals surface area contributed by atoms with E-state index in [9.17, 15) is 19.2 Å². The number of esters is 2. The van der Waals surface area contributed by atoms with Crippen molar-refractivity contribution >= 4 is 24.1 Å². The quantitative estimate of drug-likeness (QED) is 0.0952. The summed E-state index contributed by atoms with van der Waals surface area (Å²) in [5, 5.41) is 4.06. The maximum Gasteiger partial charge on any atom is 0.430 e. The number of rotatable bonds is 11. The van der Waals surface area contributed by atoms with Gasteiger partial charge in [0.25, 0.3) is 0 Å². The first-order chi connectivity index (χ1) is 25.4. The Kier molecular flexibility index (Phi) is 10.9. The third-order valence-electron chi connectivity index (χ3n) is 8.85. The number of nitrogens with one attached hydrogen (secondary N) is 2. The molecule has 0 fully saturated rings. The Morgan fingerprint density at radius 2 is 1.06 bits per heavy atom. The Hall–Kier alpha value is -6.46. The van der Waals surface area contributed by atoms with Crippen molar-refractivity contribution in [3.8, 4) is 11.1 Å². The summed E-state index contributed by atoms with van der Waals surface area (Å²) in [4.78, 5) is 55.4. The average Bonchev–Trinajstić information content (AvgIpc) is 3.49. The molecule has 0 saturated carbocycles. The van der Waals surface area contributed by atoms with E-state index in [2.05, 4.69) is 10.7 Å². The third-order valence-corrected chi connectivity index (χ3v) is 8.85. The predicted molar refractivity (Wildman–Crippen MR) is 191 cm³/mol. The van der Waals surface area contributed by atoms with Crippen molar-refractivity contribution in [1.82, 2.24) is 15.8 Å². The van der Waals surface area contributed by atoms with E-state index >= 15 is 0 Å². The summed E-state index contributed by atoms with van der Waals surface area (Å²) >= 11 is 0. The zero-order chi connectivity index (χ0) is 36.5. The van der Waals surface area contributed by atoms with Crippen molar-refractivity contribution in [2.24, 2.45) is 0 Å². The first-order valence-corrected chi connectivity index (χ1v) is 16.5. The molecular weight excluding hydrogens is 662 g/mol. The topological polar surface area (TPSA) is 132 Å². The van der Waals surface area contributed by atoms with Crippen molar-refractivity contribution in [2.75, 3.05) is 14.2 Å². The number of nitrogens with zero attached hydrogens (tertiary/aromatic N) is 1. The molecule has 0 bridgehead atoms. The molecule has 6 rings (SSSR count). The molecule has 0 heterocycles. The van der Waals surface area contributed by atoms with Gasteiger partial charge in [0, 0.05) is 0 Å². The minimum atomic E-state index is -1.87. The van der Waals surface area contributed by atoms with Crippen LogP contribution in [-0.4, -0.2) is 55.4 Å². The number of fused-ring (bicyclic) bond motifs is 3. The second-order valence-electron chi connectivity index (χ2n) is 11.9. The molecule has 264 valence electrons. The summed E-state index contributed by atoms with van der Waals surface area (Å²) < 4.78 is 21.5. The van der Waals surface area contributed by atoms with Crippen LogP contribution in [0.2, 0.25) is 0 Å². The Balaban J connectivity index is 1.45. The van der Waals surface area contributed by atoms with Gasteiger partial charge in [-0.3, -0.25) is 10.1 Å². The van der Waals surface area contributed by atoms with Gasteiger partial charge in [0.15, 0.2) is 6.04 Å². The largest absolute Gasteiger partial charge is 0.468 e. The lowest BCUT2D eigenvalue weighted by molar-refractivity contribution is -0.157. The van der Waals surface area contributed by atoms with Crippen LogP contribution in [0.4, 0.5) is 9.59 Å². The van der Waals surface area contributed by atoms with E-state index in [1.807, 2.05) is 91.0 Å². The average molecular weight is 700 g/mol. The van der Waals surface area contributed by atoms with E-state index in [0.29, 0.717) is 16.1 Å². The van der Waals surface area contributed by atoms with Crippen LogP contribution in [0, 0.1) is 0 Å². The highest BCUT2D eigenvalue weighted by Gasteiger charge is 2.52. The number of ether oxygens (including phenoxy) is 4. The van der Waals surface area contributed by atoms with Crippen molar-refractivity contribution in [3.05, 3.63) is 167 Å². The number of methoxy groups -OCH3 is 2. The second-order valence-corrected chi connectivity index (χ2v) is 11.9.